The first-order chi connectivity index (χ1) is 16.1. The van der Waals surface area contributed by atoms with E-state index in [-0.39, 0.29) is 36.6 Å². The lowest BCUT2D eigenvalue weighted by Gasteiger charge is -2.26. The predicted molar refractivity (Wildman–Crippen MR) is 131 cm³/mol. The van der Waals surface area contributed by atoms with Crippen LogP contribution in [0, 0.1) is 11.8 Å². The van der Waals surface area contributed by atoms with Gasteiger partial charge >= 0.3 is 0 Å². The summed E-state index contributed by atoms with van der Waals surface area (Å²) in [7, 11) is -3.46. The van der Waals surface area contributed by atoms with E-state index in [0.29, 0.717) is 6.42 Å². The van der Waals surface area contributed by atoms with Crippen LogP contribution in [0.25, 0.3) is 0 Å². The van der Waals surface area contributed by atoms with E-state index in [1.807, 2.05) is 27.7 Å². The topological polar surface area (TPSA) is 168 Å². The Labute approximate surface area is 207 Å². The molecule has 0 radical (unpaired) electrons. The molecule has 1 fully saturated rings. The van der Waals surface area contributed by atoms with Crippen LogP contribution in [0.1, 0.15) is 66.7 Å². The maximum atomic E-state index is 13.1. The van der Waals surface area contributed by atoms with Crippen molar-refractivity contribution >= 4 is 39.2 Å². The van der Waals surface area contributed by atoms with Crippen molar-refractivity contribution in [2.75, 3.05) is 12.0 Å². The molecule has 0 spiro atoms. The van der Waals surface area contributed by atoms with Crippen LogP contribution in [-0.2, 0) is 33.8 Å². The van der Waals surface area contributed by atoms with Gasteiger partial charge in [0.2, 0.25) is 23.5 Å². The van der Waals surface area contributed by atoms with Gasteiger partial charge in [-0.25, -0.2) is 8.42 Å². The number of carbonyl (C=O) groups excluding carboxylic acids is 5. The second-order valence-corrected chi connectivity index (χ2v) is 12.4. The van der Waals surface area contributed by atoms with Gasteiger partial charge in [-0.3, -0.25) is 24.0 Å². The first-order valence-electron chi connectivity index (χ1n) is 12.0. The van der Waals surface area contributed by atoms with Gasteiger partial charge in [-0.1, -0.05) is 27.7 Å². The summed E-state index contributed by atoms with van der Waals surface area (Å²) in [6, 6.07) is -3.34. The molecule has 4 amide bonds. The highest BCUT2D eigenvalue weighted by Crippen LogP contribution is 2.18. The molecule has 0 unspecified atom stereocenters. The van der Waals surface area contributed by atoms with Crippen LogP contribution in [-0.4, -0.2) is 74.0 Å². The van der Waals surface area contributed by atoms with Crippen LogP contribution >= 0.6 is 0 Å². The van der Waals surface area contributed by atoms with Crippen molar-refractivity contribution < 1.29 is 32.4 Å². The third kappa shape index (κ3) is 12.7. The van der Waals surface area contributed by atoms with E-state index in [9.17, 15) is 32.4 Å². The molecule has 0 aromatic carbocycles. The van der Waals surface area contributed by atoms with E-state index in [0.717, 1.165) is 19.1 Å². The molecule has 1 rings (SSSR count). The summed E-state index contributed by atoms with van der Waals surface area (Å²) in [5.74, 6) is -3.76. The summed E-state index contributed by atoms with van der Waals surface area (Å²) >= 11 is 0. The highest BCUT2D eigenvalue weighted by Gasteiger charge is 2.34. The first kappa shape index (κ1) is 30.5. The van der Waals surface area contributed by atoms with E-state index in [4.69, 9.17) is 0 Å². The van der Waals surface area contributed by atoms with E-state index >= 15 is 0 Å². The zero-order valence-corrected chi connectivity index (χ0v) is 22.3. The minimum Gasteiger partial charge on any atom is -0.347 e. The molecule has 11 nitrogen and oxygen atoms in total. The smallest absolute Gasteiger partial charge is 0.289 e. The van der Waals surface area contributed by atoms with Crippen LogP contribution in [0.2, 0.25) is 0 Å². The standard InChI is InChI=1S/C23H40N4O7S/c1-13(2)11-18(24-15(5)28)21(30)27-19(12-14(3)4)22(31)26-17(9-10-35(6,33)34)20(29)23(32)25-16-7-8-16/h13-14,16-19H,7-12H2,1-6H3,(H,24,28)(H,25,32)(H,26,31)(H,27,30)/t17-,18-,19-/m0/s1. The van der Waals surface area contributed by atoms with Crippen molar-refractivity contribution in [2.45, 2.75) is 90.9 Å². The summed E-state index contributed by atoms with van der Waals surface area (Å²) in [6.45, 7) is 8.78. The summed E-state index contributed by atoms with van der Waals surface area (Å²) in [5.41, 5.74) is 0. The van der Waals surface area contributed by atoms with Crippen LogP contribution < -0.4 is 21.3 Å². The maximum Gasteiger partial charge on any atom is 0.289 e. The fourth-order valence-corrected chi connectivity index (χ4v) is 4.10. The zero-order valence-electron chi connectivity index (χ0n) is 21.5. The summed E-state index contributed by atoms with van der Waals surface area (Å²) in [5, 5.41) is 10.3. The van der Waals surface area contributed by atoms with Crippen molar-refractivity contribution in [1.82, 2.24) is 21.3 Å². The van der Waals surface area contributed by atoms with Crippen LogP contribution in [0.3, 0.4) is 0 Å². The van der Waals surface area contributed by atoms with Crippen molar-refractivity contribution in [3.63, 3.8) is 0 Å². The molecule has 4 N–H and O–H groups in total. The quantitative estimate of drug-likeness (QED) is 0.219. The Morgan fingerprint density at radius 3 is 1.66 bits per heavy atom. The van der Waals surface area contributed by atoms with Crippen LogP contribution in [0.5, 0.6) is 0 Å². The number of carbonyl (C=O) groups is 5. The minimum atomic E-state index is -3.46. The monoisotopic (exact) mass is 516 g/mol. The maximum absolute atomic E-state index is 13.1. The zero-order chi connectivity index (χ0) is 26.9. The number of sulfone groups is 1. The highest BCUT2D eigenvalue weighted by atomic mass is 32.2. The van der Waals surface area contributed by atoms with E-state index in [2.05, 4.69) is 21.3 Å². The Morgan fingerprint density at radius 2 is 1.26 bits per heavy atom. The Kier molecular flexibility index (Phi) is 11.8. The molecule has 200 valence electrons. The van der Waals surface area contributed by atoms with E-state index in [1.54, 1.807) is 0 Å². The molecule has 0 aromatic heterocycles. The molecule has 0 aromatic rings. The van der Waals surface area contributed by atoms with Gasteiger partial charge in [-0.2, -0.15) is 0 Å². The van der Waals surface area contributed by atoms with Gasteiger partial charge in [0.25, 0.3) is 5.91 Å². The van der Waals surface area contributed by atoms with Gasteiger partial charge in [0.15, 0.2) is 0 Å². The molecule has 35 heavy (non-hydrogen) atoms. The molecule has 0 aliphatic heterocycles. The van der Waals surface area contributed by atoms with Crippen molar-refractivity contribution in [3.05, 3.63) is 0 Å². The lowest BCUT2D eigenvalue weighted by molar-refractivity contribution is -0.140. The largest absolute Gasteiger partial charge is 0.347 e. The first-order valence-corrected chi connectivity index (χ1v) is 14.0. The number of amides is 4. The predicted octanol–water partition coefficient (Wildman–Crippen LogP) is -0.165. The van der Waals surface area contributed by atoms with Gasteiger partial charge < -0.3 is 21.3 Å². The fourth-order valence-electron chi connectivity index (χ4n) is 3.44. The van der Waals surface area contributed by atoms with Crippen molar-refractivity contribution in [3.8, 4) is 0 Å². The molecule has 3 atom stereocenters. The van der Waals surface area contributed by atoms with Crippen molar-refractivity contribution in [1.29, 1.82) is 0 Å². The van der Waals surface area contributed by atoms with Gasteiger partial charge in [0, 0.05) is 19.2 Å². The number of Topliss-reactive ketones (excluding diaryl/α,β-unsaturated/α-hetero) is 1. The molecular formula is C23H40N4O7S. The molecule has 0 saturated heterocycles. The van der Waals surface area contributed by atoms with Gasteiger partial charge in [-0.05, 0) is 43.9 Å². The van der Waals surface area contributed by atoms with E-state index < -0.39 is 57.2 Å². The van der Waals surface area contributed by atoms with Gasteiger partial charge in [-0.15, -0.1) is 0 Å². The molecule has 12 heteroatoms. The Balaban J connectivity index is 3.04. The SMILES string of the molecule is CC(=O)N[C@@H](CC(C)C)C(=O)N[C@@H](CC(C)C)C(=O)N[C@@H](CCS(C)(=O)=O)C(=O)C(=O)NC1CC1. The highest BCUT2D eigenvalue weighted by molar-refractivity contribution is 7.90. The number of hydrogen-bond donors (Lipinski definition) is 4. The minimum absolute atomic E-state index is 0.0151. The number of rotatable bonds is 15. The summed E-state index contributed by atoms with van der Waals surface area (Å²) in [6.07, 6.45) is 2.83. The molecule has 0 heterocycles. The molecular weight excluding hydrogens is 476 g/mol. The van der Waals surface area contributed by atoms with Crippen LogP contribution in [0.15, 0.2) is 0 Å². The average molecular weight is 517 g/mol. The lowest BCUT2D eigenvalue weighted by Crippen LogP contribution is -2.57. The molecule has 1 aliphatic carbocycles. The number of hydrogen-bond acceptors (Lipinski definition) is 7. The Morgan fingerprint density at radius 1 is 0.800 bits per heavy atom. The summed E-state index contributed by atoms with van der Waals surface area (Å²) < 4.78 is 23.3. The van der Waals surface area contributed by atoms with Crippen LogP contribution in [0.4, 0.5) is 0 Å². The fraction of sp³-hybridized carbons (Fsp3) is 0.783. The van der Waals surface area contributed by atoms with E-state index in [1.165, 1.54) is 6.92 Å². The third-order valence-electron chi connectivity index (χ3n) is 5.29. The van der Waals surface area contributed by atoms with Gasteiger partial charge in [0.05, 0.1) is 11.8 Å². The lowest BCUT2D eigenvalue weighted by atomic mass is 9.99. The van der Waals surface area contributed by atoms with Crippen molar-refractivity contribution in [2.24, 2.45) is 11.8 Å². The third-order valence-corrected chi connectivity index (χ3v) is 6.27. The molecule has 0 bridgehead atoms. The Hall–Kier alpha value is -2.50. The normalized spacial score (nSPS) is 16.2. The summed E-state index contributed by atoms with van der Waals surface area (Å²) in [4.78, 5) is 62.6. The number of nitrogens with one attached hydrogen (secondary N) is 4. The molecule has 1 aliphatic rings. The second kappa shape index (κ2) is 13.6. The van der Waals surface area contributed by atoms with Gasteiger partial charge in [0.1, 0.15) is 21.9 Å². The number of ketones is 1. The molecule has 1 saturated carbocycles. The average Bonchev–Trinajstić information content (AvgIpc) is 3.51. The Bertz CT molecular complexity index is 898. The second-order valence-electron chi connectivity index (χ2n) is 10.2.